The minimum atomic E-state index is 0.0713. The Morgan fingerprint density at radius 2 is 2.13 bits per heavy atom. The predicted molar refractivity (Wildman–Crippen MR) is 65.8 cm³/mol. The van der Waals surface area contributed by atoms with Crippen LogP contribution in [0.25, 0.3) is 0 Å². The summed E-state index contributed by atoms with van der Waals surface area (Å²) in [6, 6.07) is 3.71. The van der Waals surface area contributed by atoms with Crippen molar-refractivity contribution >= 4 is 17.4 Å². The largest absolute Gasteiger partial charge is 0.384 e. The van der Waals surface area contributed by atoms with E-state index in [0.717, 1.165) is 29.8 Å². The van der Waals surface area contributed by atoms with Gasteiger partial charge in [0, 0.05) is 10.6 Å². The summed E-state index contributed by atoms with van der Waals surface area (Å²) in [6.45, 7) is 4.18. The first kappa shape index (κ1) is 12.1. The highest BCUT2D eigenvalue weighted by molar-refractivity contribution is 6.31. The Morgan fingerprint density at radius 1 is 1.47 bits per heavy atom. The second-order valence-corrected chi connectivity index (χ2v) is 4.18. The predicted octanol–water partition coefficient (Wildman–Crippen LogP) is 3.28. The summed E-state index contributed by atoms with van der Waals surface area (Å²) < 4.78 is 0. The molecule has 0 saturated heterocycles. The molecule has 3 N–H and O–H groups in total. The van der Waals surface area contributed by atoms with Gasteiger partial charge in [0.2, 0.25) is 0 Å². The zero-order chi connectivity index (χ0) is 11.4. The molecule has 0 bridgehead atoms. The lowest BCUT2D eigenvalue weighted by atomic mass is 10.00. The normalized spacial score (nSPS) is 10.3. The van der Waals surface area contributed by atoms with Crippen LogP contribution < -0.4 is 5.73 Å². The molecule has 2 nitrogen and oxygen atoms in total. The molecule has 1 aromatic rings. The van der Waals surface area contributed by atoms with Crippen LogP contribution in [0.1, 0.15) is 36.5 Å². The molecule has 0 heterocycles. The fourth-order valence-corrected chi connectivity index (χ4v) is 1.96. The highest BCUT2D eigenvalue weighted by atomic mass is 35.5. The van der Waals surface area contributed by atoms with Crippen LogP contribution >= 0.6 is 11.6 Å². The quantitative estimate of drug-likeness (QED) is 0.599. The van der Waals surface area contributed by atoms with Crippen LogP contribution in [0.2, 0.25) is 5.02 Å². The average molecular weight is 225 g/mol. The number of amidine groups is 1. The van der Waals surface area contributed by atoms with Gasteiger partial charge in [0.1, 0.15) is 5.84 Å². The van der Waals surface area contributed by atoms with Gasteiger partial charge in [0.15, 0.2) is 0 Å². The van der Waals surface area contributed by atoms with E-state index in [9.17, 15) is 0 Å². The Bertz CT molecular complexity index is 349. The van der Waals surface area contributed by atoms with E-state index < -0.39 is 0 Å². The van der Waals surface area contributed by atoms with Gasteiger partial charge in [-0.2, -0.15) is 0 Å². The first-order chi connectivity index (χ1) is 7.06. The van der Waals surface area contributed by atoms with Gasteiger partial charge in [-0.3, -0.25) is 5.41 Å². The maximum absolute atomic E-state index is 7.36. The number of aryl methyl sites for hydroxylation is 1. The number of hydrogen-bond donors (Lipinski definition) is 2. The van der Waals surface area contributed by atoms with Crippen molar-refractivity contribution in [1.29, 1.82) is 5.41 Å². The Hall–Kier alpha value is -1.02. The number of hydrogen-bond acceptors (Lipinski definition) is 1. The van der Waals surface area contributed by atoms with Crippen molar-refractivity contribution in [3.63, 3.8) is 0 Å². The maximum Gasteiger partial charge on any atom is 0.122 e. The number of nitrogens with two attached hydrogens (primary N) is 1. The summed E-state index contributed by atoms with van der Waals surface area (Å²) >= 11 is 6.16. The molecule has 0 aliphatic heterocycles. The molecule has 15 heavy (non-hydrogen) atoms. The number of halogens is 1. The molecule has 0 aliphatic rings. The zero-order valence-corrected chi connectivity index (χ0v) is 9.99. The molecule has 0 saturated carbocycles. The topological polar surface area (TPSA) is 49.9 Å². The van der Waals surface area contributed by atoms with E-state index in [4.69, 9.17) is 22.7 Å². The van der Waals surface area contributed by atoms with Crippen molar-refractivity contribution in [3.05, 3.63) is 33.8 Å². The number of nitrogen functional groups attached to an aromatic ring is 1. The van der Waals surface area contributed by atoms with Crippen LogP contribution in [-0.2, 0) is 6.42 Å². The van der Waals surface area contributed by atoms with Gasteiger partial charge in [-0.25, -0.2) is 0 Å². The third kappa shape index (κ3) is 2.96. The minimum absolute atomic E-state index is 0.0713. The van der Waals surface area contributed by atoms with Gasteiger partial charge in [-0.1, -0.05) is 24.9 Å². The number of rotatable bonds is 4. The van der Waals surface area contributed by atoms with Gasteiger partial charge in [0.05, 0.1) is 0 Å². The average Bonchev–Trinajstić information content (AvgIpc) is 2.16. The standard InChI is InChI=1S/C12H17ClN2/c1-3-4-5-10-8(2)6-9(12(14)15)7-11(10)13/h6-7H,3-5H2,1-2H3,(H3,14,15). The number of unbranched alkanes of at least 4 members (excludes halogenated alkanes) is 1. The van der Waals surface area contributed by atoms with Crippen molar-refractivity contribution in [3.8, 4) is 0 Å². The van der Waals surface area contributed by atoms with Crippen molar-refractivity contribution in [2.45, 2.75) is 33.1 Å². The molecular weight excluding hydrogens is 208 g/mol. The molecule has 1 rings (SSSR count). The maximum atomic E-state index is 7.36. The van der Waals surface area contributed by atoms with Crippen molar-refractivity contribution < 1.29 is 0 Å². The molecule has 0 spiro atoms. The van der Waals surface area contributed by atoms with Crippen molar-refractivity contribution in [1.82, 2.24) is 0 Å². The molecular formula is C12H17ClN2. The summed E-state index contributed by atoms with van der Waals surface area (Å²) in [5.74, 6) is 0.0713. The summed E-state index contributed by atoms with van der Waals surface area (Å²) in [5, 5.41) is 8.09. The third-order valence-corrected chi connectivity index (χ3v) is 2.85. The molecule has 3 heteroatoms. The van der Waals surface area contributed by atoms with E-state index in [1.807, 2.05) is 13.0 Å². The van der Waals surface area contributed by atoms with Crippen LogP contribution in [-0.4, -0.2) is 5.84 Å². The first-order valence-electron chi connectivity index (χ1n) is 5.19. The van der Waals surface area contributed by atoms with E-state index in [0.29, 0.717) is 5.56 Å². The minimum Gasteiger partial charge on any atom is -0.384 e. The van der Waals surface area contributed by atoms with Crippen molar-refractivity contribution in [2.75, 3.05) is 0 Å². The monoisotopic (exact) mass is 224 g/mol. The second-order valence-electron chi connectivity index (χ2n) is 3.77. The Labute approximate surface area is 95.9 Å². The second kappa shape index (κ2) is 5.17. The highest BCUT2D eigenvalue weighted by Crippen LogP contribution is 2.23. The Balaban J connectivity index is 3.04. The van der Waals surface area contributed by atoms with E-state index >= 15 is 0 Å². The molecule has 1 aromatic carbocycles. The molecule has 0 fully saturated rings. The lowest BCUT2D eigenvalue weighted by Gasteiger charge is -2.10. The SMILES string of the molecule is CCCCc1c(C)cc(C(=N)N)cc1Cl. The first-order valence-corrected chi connectivity index (χ1v) is 5.57. The fourth-order valence-electron chi connectivity index (χ4n) is 1.60. The smallest absolute Gasteiger partial charge is 0.122 e. The zero-order valence-electron chi connectivity index (χ0n) is 9.23. The summed E-state index contributed by atoms with van der Waals surface area (Å²) in [5.41, 5.74) is 8.44. The van der Waals surface area contributed by atoms with E-state index in [1.54, 1.807) is 6.07 Å². The van der Waals surface area contributed by atoms with Crippen LogP contribution in [0.4, 0.5) is 0 Å². The number of benzene rings is 1. The summed E-state index contributed by atoms with van der Waals surface area (Å²) in [4.78, 5) is 0. The Kier molecular flexibility index (Phi) is 4.15. The van der Waals surface area contributed by atoms with Gasteiger partial charge in [-0.05, 0) is 43.0 Å². The van der Waals surface area contributed by atoms with Gasteiger partial charge >= 0.3 is 0 Å². The van der Waals surface area contributed by atoms with E-state index in [1.165, 1.54) is 5.56 Å². The summed E-state index contributed by atoms with van der Waals surface area (Å²) in [6.07, 6.45) is 3.30. The van der Waals surface area contributed by atoms with Crippen LogP contribution in [0.3, 0.4) is 0 Å². The fraction of sp³-hybridized carbons (Fsp3) is 0.417. The van der Waals surface area contributed by atoms with E-state index in [2.05, 4.69) is 6.92 Å². The van der Waals surface area contributed by atoms with E-state index in [-0.39, 0.29) is 5.84 Å². The lowest BCUT2D eigenvalue weighted by Crippen LogP contribution is -2.11. The highest BCUT2D eigenvalue weighted by Gasteiger charge is 2.07. The van der Waals surface area contributed by atoms with Crippen LogP contribution in [0.15, 0.2) is 12.1 Å². The lowest BCUT2D eigenvalue weighted by molar-refractivity contribution is 0.791. The summed E-state index contributed by atoms with van der Waals surface area (Å²) in [7, 11) is 0. The third-order valence-electron chi connectivity index (χ3n) is 2.51. The molecule has 0 amide bonds. The molecule has 0 radical (unpaired) electrons. The Morgan fingerprint density at radius 3 is 2.60 bits per heavy atom. The molecule has 82 valence electrons. The molecule has 0 aromatic heterocycles. The van der Waals surface area contributed by atoms with Crippen molar-refractivity contribution in [2.24, 2.45) is 5.73 Å². The number of nitrogens with one attached hydrogen (secondary N) is 1. The van der Waals surface area contributed by atoms with Crippen LogP contribution in [0, 0.1) is 12.3 Å². The molecule has 0 aliphatic carbocycles. The molecule has 0 atom stereocenters. The van der Waals surface area contributed by atoms with Gasteiger partial charge < -0.3 is 5.73 Å². The van der Waals surface area contributed by atoms with Crippen LogP contribution in [0.5, 0.6) is 0 Å². The van der Waals surface area contributed by atoms with Gasteiger partial charge in [-0.15, -0.1) is 0 Å². The van der Waals surface area contributed by atoms with Gasteiger partial charge in [0.25, 0.3) is 0 Å². The molecule has 0 unspecified atom stereocenters.